The van der Waals surface area contributed by atoms with Gasteiger partial charge in [0.05, 0.1) is 6.10 Å². The molecule has 0 amide bonds. The third-order valence-electron chi connectivity index (χ3n) is 2.28. The molecule has 1 aliphatic rings. The number of aromatic nitrogens is 1. The van der Waals surface area contributed by atoms with Gasteiger partial charge in [-0.05, 0) is 18.9 Å². The Balaban J connectivity index is 1.90. The highest BCUT2D eigenvalue weighted by Gasteiger charge is 2.16. The van der Waals surface area contributed by atoms with Crippen LogP contribution >= 0.6 is 0 Å². The summed E-state index contributed by atoms with van der Waals surface area (Å²) in [5.74, 6) is 0.490. The molecule has 0 bridgehead atoms. The molecule has 0 radical (unpaired) electrons. The predicted octanol–water partition coefficient (Wildman–Crippen LogP) is 1.51. The van der Waals surface area contributed by atoms with Crippen molar-refractivity contribution in [1.29, 1.82) is 5.26 Å². The molecule has 1 aromatic heterocycles. The van der Waals surface area contributed by atoms with Gasteiger partial charge in [0.15, 0.2) is 0 Å². The van der Waals surface area contributed by atoms with Crippen LogP contribution in [0.2, 0.25) is 0 Å². The zero-order valence-corrected chi connectivity index (χ0v) is 8.35. The van der Waals surface area contributed by atoms with Crippen LogP contribution in [0.3, 0.4) is 0 Å². The standard InChI is InChI=1S/C11H12N2O2/c12-7-9-3-1-5-11(13-9)15-8-10-4-2-6-14-10/h1,3,5,10H,2,4,6,8H2. The van der Waals surface area contributed by atoms with Crippen molar-refractivity contribution >= 4 is 0 Å². The van der Waals surface area contributed by atoms with Crippen LogP contribution in [0.1, 0.15) is 18.5 Å². The molecule has 1 fully saturated rings. The molecule has 0 spiro atoms. The van der Waals surface area contributed by atoms with Gasteiger partial charge in [0.1, 0.15) is 18.4 Å². The summed E-state index contributed by atoms with van der Waals surface area (Å²) in [6.07, 6.45) is 2.31. The molecule has 78 valence electrons. The average Bonchev–Trinajstić information content (AvgIpc) is 2.79. The molecule has 0 aliphatic carbocycles. The Kier molecular flexibility index (Phi) is 3.15. The summed E-state index contributed by atoms with van der Waals surface area (Å²) in [6.45, 7) is 1.33. The number of rotatable bonds is 3. The normalized spacial score (nSPS) is 19.8. The van der Waals surface area contributed by atoms with Crippen molar-refractivity contribution < 1.29 is 9.47 Å². The Hall–Kier alpha value is -1.60. The van der Waals surface area contributed by atoms with Crippen LogP contribution in [0.4, 0.5) is 0 Å². The van der Waals surface area contributed by atoms with E-state index in [2.05, 4.69) is 4.98 Å². The Morgan fingerprint density at radius 3 is 3.27 bits per heavy atom. The van der Waals surface area contributed by atoms with Crippen LogP contribution in [0, 0.1) is 11.3 Å². The second-order valence-electron chi connectivity index (χ2n) is 3.42. The monoisotopic (exact) mass is 204 g/mol. The van der Waals surface area contributed by atoms with E-state index in [9.17, 15) is 0 Å². The van der Waals surface area contributed by atoms with Crippen molar-refractivity contribution in [3.05, 3.63) is 23.9 Å². The maximum Gasteiger partial charge on any atom is 0.214 e. The van der Waals surface area contributed by atoms with Crippen molar-refractivity contribution in [2.45, 2.75) is 18.9 Å². The highest BCUT2D eigenvalue weighted by atomic mass is 16.5. The molecule has 0 N–H and O–H groups in total. The van der Waals surface area contributed by atoms with Gasteiger partial charge >= 0.3 is 0 Å². The van der Waals surface area contributed by atoms with Gasteiger partial charge in [0, 0.05) is 12.7 Å². The molecule has 1 saturated heterocycles. The van der Waals surface area contributed by atoms with Gasteiger partial charge in [-0.25, -0.2) is 4.98 Å². The zero-order chi connectivity index (χ0) is 10.5. The molecule has 2 rings (SSSR count). The first-order chi connectivity index (χ1) is 7.38. The van der Waals surface area contributed by atoms with Crippen LogP contribution in [-0.2, 0) is 4.74 Å². The minimum absolute atomic E-state index is 0.178. The first-order valence-corrected chi connectivity index (χ1v) is 5.00. The Morgan fingerprint density at radius 1 is 1.60 bits per heavy atom. The summed E-state index contributed by atoms with van der Waals surface area (Å²) >= 11 is 0. The summed E-state index contributed by atoms with van der Waals surface area (Å²) in [7, 11) is 0. The second-order valence-corrected chi connectivity index (χ2v) is 3.42. The molecule has 1 aromatic rings. The first kappa shape index (κ1) is 9.94. The molecule has 1 atom stereocenters. The minimum atomic E-state index is 0.178. The van der Waals surface area contributed by atoms with Crippen molar-refractivity contribution in [3.63, 3.8) is 0 Å². The van der Waals surface area contributed by atoms with Gasteiger partial charge < -0.3 is 9.47 Å². The Labute approximate surface area is 88.5 Å². The summed E-state index contributed by atoms with van der Waals surface area (Å²) in [5, 5.41) is 8.65. The molecular weight excluding hydrogens is 192 g/mol. The third-order valence-corrected chi connectivity index (χ3v) is 2.28. The molecule has 0 aromatic carbocycles. The lowest BCUT2D eigenvalue weighted by Gasteiger charge is -2.10. The summed E-state index contributed by atoms with van der Waals surface area (Å²) in [4.78, 5) is 4.01. The van der Waals surface area contributed by atoms with Crippen molar-refractivity contribution in [2.75, 3.05) is 13.2 Å². The maximum atomic E-state index is 8.65. The van der Waals surface area contributed by atoms with Gasteiger partial charge in [-0.1, -0.05) is 6.07 Å². The predicted molar refractivity (Wildman–Crippen MR) is 53.4 cm³/mol. The molecule has 1 aliphatic heterocycles. The van der Waals surface area contributed by atoms with E-state index in [-0.39, 0.29) is 6.10 Å². The van der Waals surface area contributed by atoms with Gasteiger partial charge in [-0.2, -0.15) is 5.26 Å². The van der Waals surface area contributed by atoms with E-state index in [1.54, 1.807) is 18.2 Å². The van der Waals surface area contributed by atoms with E-state index in [0.29, 0.717) is 18.2 Å². The number of nitriles is 1. The molecule has 2 heterocycles. The van der Waals surface area contributed by atoms with E-state index in [4.69, 9.17) is 14.7 Å². The molecule has 15 heavy (non-hydrogen) atoms. The Morgan fingerprint density at radius 2 is 2.53 bits per heavy atom. The Bertz CT molecular complexity index is 367. The zero-order valence-electron chi connectivity index (χ0n) is 8.35. The van der Waals surface area contributed by atoms with Gasteiger partial charge in [-0.3, -0.25) is 0 Å². The van der Waals surface area contributed by atoms with Crippen LogP contribution in [0.15, 0.2) is 18.2 Å². The quantitative estimate of drug-likeness (QED) is 0.748. The fourth-order valence-corrected chi connectivity index (χ4v) is 1.51. The highest BCUT2D eigenvalue weighted by molar-refractivity contribution is 5.24. The molecule has 4 heteroatoms. The van der Waals surface area contributed by atoms with Gasteiger partial charge in [0.25, 0.3) is 0 Å². The van der Waals surface area contributed by atoms with E-state index in [1.165, 1.54) is 0 Å². The lowest BCUT2D eigenvalue weighted by atomic mass is 10.2. The van der Waals surface area contributed by atoms with E-state index >= 15 is 0 Å². The fraction of sp³-hybridized carbons (Fsp3) is 0.455. The summed E-state index contributed by atoms with van der Waals surface area (Å²) < 4.78 is 10.9. The van der Waals surface area contributed by atoms with Crippen LogP contribution < -0.4 is 4.74 Å². The van der Waals surface area contributed by atoms with Crippen LogP contribution in [-0.4, -0.2) is 24.3 Å². The topological polar surface area (TPSA) is 55.1 Å². The molecule has 4 nitrogen and oxygen atoms in total. The smallest absolute Gasteiger partial charge is 0.214 e. The second kappa shape index (κ2) is 4.76. The molecular formula is C11H12N2O2. The van der Waals surface area contributed by atoms with Gasteiger partial charge in [-0.15, -0.1) is 0 Å². The van der Waals surface area contributed by atoms with E-state index in [1.807, 2.05) is 6.07 Å². The van der Waals surface area contributed by atoms with E-state index in [0.717, 1.165) is 19.4 Å². The average molecular weight is 204 g/mol. The van der Waals surface area contributed by atoms with E-state index < -0.39 is 0 Å². The number of hydrogen-bond donors (Lipinski definition) is 0. The number of nitrogens with zero attached hydrogens (tertiary/aromatic N) is 2. The highest BCUT2D eigenvalue weighted by Crippen LogP contribution is 2.14. The lowest BCUT2D eigenvalue weighted by molar-refractivity contribution is 0.0663. The van der Waals surface area contributed by atoms with Crippen LogP contribution in [0.25, 0.3) is 0 Å². The van der Waals surface area contributed by atoms with Crippen molar-refractivity contribution in [1.82, 2.24) is 4.98 Å². The molecule has 1 unspecified atom stereocenters. The summed E-state index contributed by atoms with van der Waals surface area (Å²) in [5.41, 5.74) is 0.375. The molecule has 0 saturated carbocycles. The van der Waals surface area contributed by atoms with Crippen LogP contribution in [0.5, 0.6) is 5.88 Å². The van der Waals surface area contributed by atoms with Crippen molar-refractivity contribution in [2.24, 2.45) is 0 Å². The lowest BCUT2D eigenvalue weighted by Crippen LogP contribution is -2.16. The minimum Gasteiger partial charge on any atom is -0.475 e. The number of pyridine rings is 1. The SMILES string of the molecule is N#Cc1cccc(OCC2CCCO2)n1. The number of ether oxygens (including phenoxy) is 2. The third kappa shape index (κ3) is 2.67. The number of hydrogen-bond acceptors (Lipinski definition) is 4. The maximum absolute atomic E-state index is 8.65. The first-order valence-electron chi connectivity index (χ1n) is 5.00. The summed E-state index contributed by atoms with van der Waals surface area (Å²) in [6, 6.07) is 7.13. The van der Waals surface area contributed by atoms with Crippen molar-refractivity contribution in [3.8, 4) is 11.9 Å². The largest absolute Gasteiger partial charge is 0.475 e. The van der Waals surface area contributed by atoms with Gasteiger partial charge in [0.2, 0.25) is 5.88 Å². The fourth-order valence-electron chi connectivity index (χ4n) is 1.51.